The zero-order chi connectivity index (χ0) is 19.3. The lowest BCUT2D eigenvalue weighted by molar-refractivity contribution is 0.0843. The summed E-state index contributed by atoms with van der Waals surface area (Å²) in [6.07, 6.45) is -0.916. The molecular weight excluding hydrogens is 356 g/mol. The number of rotatable bonds is 7. The van der Waals surface area contributed by atoms with Gasteiger partial charge in [-0.05, 0) is 49.2 Å². The molecular formula is C18H22N2O5S. The topological polar surface area (TPSA) is 119 Å². The zero-order valence-electron chi connectivity index (χ0n) is 14.6. The summed E-state index contributed by atoms with van der Waals surface area (Å²) in [4.78, 5) is 12.1. The van der Waals surface area contributed by atoms with Crippen molar-refractivity contribution in [3.05, 3.63) is 59.2 Å². The molecule has 8 heteroatoms. The zero-order valence-corrected chi connectivity index (χ0v) is 15.4. The summed E-state index contributed by atoms with van der Waals surface area (Å²) >= 11 is 0. The fourth-order valence-corrected chi connectivity index (χ4v) is 2.82. The normalized spacial score (nSPS) is 12.5. The molecule has 0 heterocycles. The van der Waals surface area contributed by atoms with Crippen LogP contribution >= 0.6 is 0 Å². The molecule has 4 N–H and O–H groups in total. The average molecular weight is 378 g/mol. The maximum atomic E-state index is 12.3. The van der Waals surface area contributed by atoms with Crippen LogP contribution in [0, 0.1) is 13.8 Å². The number of carbonyl (C=O) groups is 1. The van der Waals surface area contributed by atoms with E-state index in [1.54, 1.807) is 13.0 Å². The lowest BCUT2D eigenvalue weighted by atomic mass is 10.1. The van der Waals surface area contributed by atoms with Gasteiger partial charge in [-0.1, -0.05) is 18.2 Å². The van der Waals surface area contributed by atoms with E-state index < -0.39 is 22.0 Å². The minimum Gasteiger partial charge on any atom is -0.491 e. The molecule has 140 valence electrons. The summed E-state index contributed by atoms with van der Waals surface area (Å²) in [6, 6.07) is 11.5. The number of sulfonamides is 1. The summed E-state index contributed by atoms with van der Waals surface area (Å²) in [5.41, 5.74) is 1.82. The first-order valence-electron chi connectivity index (χ1n) is 7.96. The van der Waals surface area contributed by atoms with Gasteiger partial charge in [0.1, 0.15) is 18.5 Å². The van der Waals surface area contributed by atoms with Gasteiger partial charge in [0.15, 0.2) is 0 Å². The minimum absolute atomic E-state index is 0.0138. The second-order valence-corrected chi connectivity index (χ2v) is 7.57. The fraction of sp³-hybridized carbons (Fsp3) is 0.278. The van der Waals surface area contributed by atoms with Crippen LogP contribution < -0.4 is 15.2 Å². The first-order valence-corrected chi connectivity index (χ1v) is 9.50. The molecule has 26 heavy (non-hydrogen) atoms. The molecule has 0 fully saturated rings. The van der Waals surface area contributed by atoms with E-state index in [1.165, 1.54) is 18.2 Å². The summed E-state index contributed by atoms with van der Waals surface area (Å²) in [5.74, 6) is 0.134. The Morgan fingerprint density at radius 1 is 1.23 bits per heavy atom. The fourth-order valence-electron chi connectivity index (χ4n) is 2.28. The van der Waals surface area contributed by atoms with Gasteiger partial charge in [-0.15, -0.1) is 0 Å². The molecule has 0 aliphatic carbocycles. The number of hydrogen-bond donors (Lipinski definition) is 3. The molecule has 7 nitrogen and oxygen atoms in total. The Bertz CT molecular complexity index is 896. The van der Waals surface area contributed by atoms with Crippen LogP contribution in [0.2, 0.25) is 0 Å². The third-order valence-electron chi connectivity index (χ3n) is 3.71. The molecule has 0 aliphatic rings. The van der Waals surface area contributed by atoms with Crippen molar-refractivity contribution >= 4 is 15.9 Å². The van der Waals surface area contributed by atoms with E-state index in [0.717, 1.165) is 5.56 Å². The number of aliphatic hydroxyl groups excluding tert-OH is 1. The van der Waals surface area contributed by atoms with E-state index in [0.29, 0.717) is 11.3 Å². The van der Waals surface area contributed by atoms with E-state index in [1.807, 2.05) is 25.1 Å². The number of ether oxygens (including phenoxy) is 1. The van der Waals surface area contributed by atoms with Crippen molar-refractivity contribution in [2.24, 2.45) is 5.14 Å². The third kappa shape index (κ3) is 5.55. The maximum Gasteiger partial charge on any atom is 0.251 e. The second kappa shape index (κ2) is 8.31. The van der Waals surface area contributed by atoms with Gasteiger partial charge in [0.25, 0.3) is 5.91 Å². The van der Waals surface area contributed by atoms with E-state index >= 15 is 0 Å². The summed E-state index contributed by atoms with van der Waals surface area (Å²) in [5, 5.41) is 17.6. The number of primary sulfonamides is 1. The number of carbonyl (C=O) groups excluding carboxylic acids is 1. The molecule has 2 aromatic rings. The molecule has 2 aromatic carbocycles. The molecule has 0 radical (unpaired) electrons. The highest BCUT2D eigenvalue weighted by atomic mass is 32.2. The highest BCUT2D eigenvalue weighted by Gasteiger charge is 2.16. The predicted octanol–water partition coefficient (Wildman–Crippen LogP) is 1.12. The number of hydrogen-bond acceptors (Lipinski definition) is 5. The van der Waals surface area contributed by atoms with Crippen LogP contribution in [0.3, 0.4) is 0 Å². The van der Waals surface area contributed by atoms with Crippen LogP contribution in [0.4, 0.5) is 0 Å². The Morgan fingerprint density at radius 2 is 1.96 bits per heavy atom. The second-order valence-electron chi connectivity index (χ2n) is 6.01. The van der Waals surface area contributed by atoms with Gasteiger partial charge in [0, 0.05) is 12.1 Å². The van der Waals surface area contributed by atoms with Crippen LogP contribution in [-0.4, -0.2) is 38.7 Å². The Hall–Kier alpha value is -2.42. The number of aliphatic hydroxyl groups is 1. The van der Waals surface area contributed by atoms with Gasteiger partial charge in [-0.2, -0.15) is 0 Å². The number of nitrogens with two attached hydrogens (primary N) is 1. The van der Waals surface area contributed by atoms with E-state index in [2.05, 4.69) is 5.32 Å². The van der Waals surface area contributed by atoms with Crippen molar-refractivity contribution < 1.29 is 23.1 Å². The lowest BCUT2D eigenvalue weighted by Gasteiger charge is -2.14. The number of benzene rings is 2. The third-order valence-corrected chi connectivity index (χ3v) is 4.62. The first kappa shape index (κ1) is 19.9. The molecule has 0 aromatic heterocycles. The monoisotopic (exact) mass is 378 g/mol. The van der Waals surface area contributed by atoms with Gasteiger partial charge in [0.2, 0.25) is 10.0 Å². The lowest BCUT2D eigenvalue weighted by Crippen LogP contribution is -2.35. The van der Waals surface area contributed by atoms with Gasteiger partial charge < -0.3 is 15.2 Å². The van der Waals surface area contributed by atoms with Crippen LogP contribution in [0.5, 0.6) is 5.75 Å². The Labute approximate surface area is 152 Å². The van der Waals surface area contributed by atoms with Crippen molar-refractivity contribution in [2.45, 2.75) is 24.8 Å². The van der Waals surface area contributed by atoms with Gasteiger partial charge in [-0.25, -0.2) is 13.6 Å². The van der Waals surface area contributed by atoms with Crippen molar-refractivity contribution in [3.63, 3.8) is 0 Å². The SMILES string of the molecule is Cc1cccc(OCC(O)CNC(=O)c2cc(S(N)(=O)=O)ccc2C)c1. The van der Waals surface area contributed by atoms with Crippen molar-refractivity contribution in [2.75, 3.05) is 13.2 Å². The smallest absolute Gasteiger partial charge is 0.251 e. The van der Waals surface area contributed by atoms with E-state index in [-0.39, 0.29) is 23.6 Å². The maximum absolute atomic E-state index is 12.3. The standard InChI is InChI=1S/C18H22N2O5S/c1-12-4-3-5-15(8-12)25-11-14(21)10-20-18(22)17-9-16(26(19,23)24)7-6-13(17)2/h3-9,14,21H,10-11H2,1-2H3,(H,20,22)(H2,19,23,24). The van der Waals surface area contributed by atoms with E-state index in [4.69, 9.17) is 9.88 Å². The highest BCUT2D eigenvalue weighted by molar-refractivity contribution is 7.89. The molecule has 0 aliphatic heterocycles. The highest BCUT2D eigenvalue weighted by Crippen LogP contribution is 2.15. The summed E-state index contributed by atoms with van der Waals surface area (Å²) in [7, 11) is -3.90. The van der Waals surface area contributed by atoms with Gasteiger partial charge in [0.05, 0.1) is 4.90 Å². The molecule has 0 saturated heterocycles. The number of amides is 1. The molecule has 1 amide bonds. The molecule has 0 bridgehead atoms. The predicted molar refractivity (Wildman–Crippen MR) is 97.6 cm³/mol. The molecule has 0 spiro atoms. The summed E-state index contributed by atoms with van der Waals surface area (Å²) < 4.78 is 28.3. The average Bonchev–Trinajstić information content (AvgIpc) is 2.57. The largest absolute Gasteiger partial charge is 0.491 e. The molecule has 1 atom stereocenters. The van der Waals surface area contributed by atoms with Crippen molar-refractivity contribution in [1.82, 2.24) is 5.32 Å². The Morgan fingerprint density at radius 3 is 2.62 bits per heavy atom. The number of nitrogens with one attached hydrogen (secondary N) is 1. The van der Waals surface area contributed by atoms with Crippen LogP contribution in [0.15, 0.2) is 47.4 Å². The van der Waals surface area contributed by atoms with Crippen molar-refractivity contribution in [1.29, 1.82) is 0 Å². The van der Waals surface area contributed by atoms with Gasteiger partial charge in [-0.3, -0.25) is 4.79 Å². The van der Waals surface area contributed by atoms with Crippen molar-refractivity contribution in [3.8, 4) is 5.75 Å². The first-order chi connectivity index (χ1) is 12.2. The van der Waals surface area contributed by atoms with Crippen LogP contribution in [0.25, 0.3) is 0 Å². The van der Waals surface area contributed by atoms with E-state index in [9.17, 15) is 18.3 Å². The Balaban J connectivity index is 1.93. The number of aryl methyl sites for hydroxylation is 2. The van der Waals surface area contributed by atoms with Crippen LogP contribution in [0.1, 0.15) is 21.5 Å². The molecule has 2 rings (SSSR count). The summed E-state index contributed by atoms with van der Waals surface area (Å²) in [6.45, 7) is 3.59. The van der Waals surface area contributed by atoms with Gasteiger partial charge >= 0.3 is 0 Å². The van der Waals surface area contributed by atoms with Crippen LogP contribution in [-0.2, 0) is 10.0 Å². The Kier molecular flexibility index (Phi) is 6.36. The molecule has 0 saturated carbocycles. The quantitative estimate of drug-likeness (QED) is 0.667. The minimum atomic E-state index is -3.90. The molecule has 1 unspecified atom stereocenters.